The van der Waals surface area contributed by atoms with E-state index in [1.54, 1.807) is 11.1 Å². The largest absolute Gasteiger partial charge is 0.307 e. The molecule has 0 radical (unpaired) electrons. The SMILES string of the molecule is CCCCC1(C(C)C)NCCc2ccccc21. The highest BCUT2D eigenvalue weighted by Gasteiger charge is 2.37. The average Bonchev–Trinajstić information content (AvgIpc) is 2.36. The van der Waals surface area contributed by atoms with Crippen molar-refractivity contribution in [3.8, 4) is 0 Å². The Labute approximate surface area is 106 Å². The topological polar surface area (TPSA) is 12.0 Å². The minimum atomic E-state index is 0.213. The average molecular weight is 231 g/mol. The zero-order valence-electron chi connectivity index (χ0n) is 11.4. The first-order chi connectivity index (χ1) is 8.20. The van der Waals surface area contributed by atoms with E-state index >= 15 is 0 Å². The molecular weight excluding hydrogens is 206 g/mol. The molecule has 0 saturated carbocycles. The van der Waals surface area contributed by atoms with Crippen molar-refractivity contribution in [3.05, 3.63) is 35.4 Å². The Morgan fingerprint density at radius 3 is 2.76 bits per heavy atom. The van der Waals surface area contributed by atoms with Gasteiger partial charge in [-0.05, 0) is 29.9 Å². The van der Waals surface area contributed by atoms with Gasteiger partial charge in [0.05, 0.1) is 0 Å². The van der Waals surface area contributed by atoms with Crippen molar-refractivity contribution >= 4 is 0 Å². The molecule has 17 heavy (non-hydrogen) atoms. The van der Waals surface area contributed by atoms with Crippen LogP contribution in [-0.4, -0.2) is 6.54 Å². The van der Waals surface area contributed by atoms with Crippen LogP contribution in [0.1, 0.15) is 51.2 Å². The van der Waals surface area contributed by atoms with Gasteiger partial charge in [-0.15, -0.1) is 0 Å². The molecule has 1 aromatic rings. The second-order valence-corrected chi connectivity index (χ2v) is 5.56. The highest BCUT2D eigenvalue weighted by atomic mass is 15.0. The molecule has 0 amide bonds. The summed E-state index contributed by atoms with van der Waals surface area (Å²) in [5, 5.41) is 3.82. The van der Waals surface area contributed by atoms with Gasteiger partial charge in [-0.25, -0.2) is 0 Å². The van der Waals surface area contributed by atoms with Gasteiger partial charge in [0.2, 0.25) is 0 Å². The summed E-state index contributed by atoms with van der Waals surface area (Å²) in [5.74, 6) is 0.649. The lowest BCUT2D eigenvalue weighted by atomic mass is 9.72. The molecule has 1 heteroatoms. The highest BCUT2D eigenvalue weighted by molar-refractivity contribution is 5.36. The number of benzene rings is 1. The number of rotatable bonds is 4. The summed E-state index contributed by atoms with van der Waals surface area (Å²) in [5.41, 5.74) is 3.32. The van der Waals surface area contributed by atoms with Crippen LogP contribution in [0.15, 0.2) is 24.3 Å². The molecule has 1 N–H and O–H groups in total. The third-order valence-electron chi connectivity index (χ3n) is 4.24. The number of hydrogen-bond donors (Lipinski definition) is 1. The van der Waals surface area contributed by atoms with Crippen LogP contribution in [0.25, 0.3) is 0 Å². The second kappa shape index (κ2) is 5.22. The Hall–Kier alpha value is -0.820. The van der Waals surface area contributed by atoms with Gasteiger partial charge in [0.25, 0.3) is 0 Å². The van der Waals surface area contributed by atoms with E-state index in [0.29, 0.717) is 5.92 Å². The van der Waals surface area contributed by atoms with Crippen molar-refractivity contribution in [2.24, 2.45) is 5.92 Å². The van der Waals surface area contributed by atoms with Gasteiger partial charge in [0, 0.05) is 12.1 Å². The van der Waals surface area contributed by atoms with Crippen molar-refractivity contribution in [3.63, 3.8) is 0 Å². The number of nitrogens with one attached hydrogen (secondary N) is 1. The van der Waals surface area contributed by atoms with Crippen LogP contribution >= 0.6 is 0 Å². The Morgan fingerprint density at radius 1 is 1.29 bits per heavy atom. The molecule has 1 atom stereocenters. The van der Waals surface area contributed by atoms with Gasteiger partial charge >= 0.3 is 0 Å². The lowest BCUT2D eigenvalue weighted by Crippen LogP contribution is -2.51. The molecule has 1 aromatic carbocycles. The minimum Gasteiger partial charge on any atom is -0.307 e. The van der Waals surface area contributed by atoms with Crippen LogP contribution < -0.4 is 5.32 Å². The predicted octanol–water partition coefficient (Wildman–Crippen LogP) is 3.87. The van der Waals surface area contributed by atoms with Crippen molar-refractivity contribution in [1.82, 2.24) is 5.32 Å². The van der Waals surface area contributed by atoms with E-state index in [1.165, 1.54) is 25.7 Å². The summed E-state index contributed by atoms with van der Waals surface area (Å²) >= 11 is 0. The third kappa shape index (κ3) is 2.26. The molecule has 0 bridgehead atoms. The van der Waals surface area contributed by atoms with Crippen molar-refractivity contribution in [2.75, 3.05) is 6.54 Å². The Balaban J connectivity index is 2.40. The minimum absolute atomic E-state index is 0.213. The van der Waals surface area contributed by atoms with Crippen LogP contribution in [0, 0.1) is 5.92 Å². The van der Waals surface area contributed by atoms with Gasteiger partial charge in [-0.2, -0.15) is 0 Å². The van der Waals surface area contributed by atoms with Crippen molar-refractivity contribution < 1.29 is 0 Å². The summed E-state index contributed by atoms with van der Waals surface area (Å²) in [4.78, 5) is 0. The maximum Gasteiger partial charge on any atom is 0.0460 e. The smallest absolute Gasteiger partial charge is 0.0460 e. The lowest BCUT2D eigenvalue weighted by Gasteiger charge is -2.44. The maximum absolute atomic E-state index is 3.82. The summed E-state index contributed by atoms with van der Waals surface area (Å²) in [6, 6.07) is 9.00. The zero-order valence-corrected chi connectivity index (χ0v) is 11.4. The van der Waals surface area contributed by atoms with E-state index in [9.17, 15) is 0 Å². The number of unbranched alkanes of at least 4 members (excludes halogenated alkanes) is 1. The second-order valence-electron chi connectivity index (χ2n) is 5.56. The first-order valence-electron chi connectivity index (χ1n) is 7.04. The summed E-state index contributed by atoms with van der Waals surface area (Å²) in [6.45, 7) is 8.11. The molecule has 2 rings (SSSR count). The molecule has 1 aliphatic heterocycles. The zero-order chi connectivity index (χ0) is 12.3. The lowest BCUT2D eigenvalue weighted by molar-refractivity contribution is 0.203. The summed E-state index contributed by atoms with van der Waals surface area (Å²) in [6.07, 6.45) is 5.02. The molecule has 1 aliphatic rings. The first-order valence-corrected chi connectivity index (χ1v) is 7.04. The van der Waals surface area contributed by atoms with Gasteiger partial charge in [0.1, 0.15) is 0 Å². The van der Waals surface area contributed by atoms with Crippen LogP contribution in [-0.2, 0) is 12.0 Å². The Morgan fingerprint density at radius 2 is 2.06 bits per heavy atom. The van der Waals surface area contributed by atoms with E-state index in [2.05, 4.69) is 50.4 Å². The van der Waals surface area contributed by atoms with E-state index in [1.807, 2.05) is 0 Å². The molecule has 0 aliphatic carbocycles. The normalized spacial score (nSPS) is 23.8. The van der Waals surface area contributed by atoms with Crippen LogP contribution in [0.5, 0.6) is 0 Å². The predicted molar refractivity (Wildman–Crippen MR) is 74.2 cm³/mol. The fourth-order valence-corrected chi connectivity index (χ4v) is 3.17. The van der Waals surface area contributed by atoms with Crippen LogP contribution in [0.2, 0.25) is 0 Å². The standard InChI is InChI=1S/C16H25N/c1-4-5-11-16(13(2)3)15-9-7-6-8-14(15)10-12-17-16/h6-9,13,17H,4-5,10-12H2,1-3H3. The quantitative estimate of drug-likeness (QED) is 0.829. The van der Waals surface area contributed by atoms with Crippen LogP contribution in [0.3, 0.4) is 0 Å². The molecule has 0 fully saturated rings. The fraction of sp³-hybridized carbons (Fsp3) is 0.625. The molecule has 0 saturated heterocycles. The van der Waals surface area contributed by atoms with Gasteiger partial charge in [-0.3, -0.25) is 0 Å². The van der Waals surface area contributed by atoms with E-state index in [0.717, 1.165) is 6.54 Å². The fourth-order valence-electron chi connectivity index (χ4n) is 3.17. The van der Waals surface area contributed by atoms with E-state index in [4.69, 9.17) is 0 Å². The summed E-state index contributed by atoms with van der Waals surface area (Å²) in [7, 11) is 0. The van der Waals surface area contributed by atoms with Gasteiger partial charge in [0.15, 0.2) is 0 Å². The van der Waals surface area contributed by atoms with Gasteiger partial charge in [-0.1, -0.05) is 57.9 Å². The van der Waals surface area contributed by atoms with Gasteiger partial charge < -0.3 is 5.32 Å². The van der Waals surface area contributed by atoms with Crippen molar-refractivity contribution in [2.45, 2.75) is 52.0 Å². The molecular formula is C16H25N. The Kier molecular flexibility index (Phi) is 3.88. The molecule has 0 aromatic heterocycles. The highest BCUT2D eigenvalue weighted by Crippen LogP contribution is 2.38. The number of hydrogen-bond acceptors (Lipinski definition) is 1. The maximum atomic E-state index is 3.82. The summed E-state index contributed by atoms with van der Waals surface area (Å²) < 4.78 is 0. The Bertz CT molecular complexity index is 370. The van der Waals surface area contributed by atoms with Crippen LogP contribution in [0.4, 0.5) is 0 Å². The molecule has 94 valence electrons. The molecule has 1 nitrogen and oxygen atoms in total. The molecule has 1 unspecified atom stereocenters. The first kappa shape index (κ1) is 12.6. The monoisotopic (exact) mass is 231 g/mol. The number of fused-ring (bicyclic) bond motifs is 1. The van der Waals surface area contributed by atoms with E-state index in [-0.39, 0.29) is 5.54 Å². The molecule has 0 spiro atoms. The van der Waals surface area contributed by atoms with Crippen molar-refractivity contribution in [1.29, 1.82) is 0 Å². The third-order valence-corrected chi connectivity index (χ3v) is 4.24. The van der Waals surface area contributed by atoms with E-state index < -0.39 is 0 Å². The molecule has 1 heterocycles.